The van der Waals surface area contributed by atoms with E-state index in [1.807, 2.05) is 6.08 Å². The summed E-state index contributed by atoms with van der Waals surface area (Å²) in [5.41, 5.74) is 2.39. The van der Waals surface area contributed by atoms with E-state index in [2.05, 4.69) is 54.2 Å². The molecule has 0 spiro atoms. The number of nitrogens with zero attached hydrogens (tertiary/aromatic N) is 2. The third-order valence-corrected chi connectivity index (χ3v) is 4.41. The smallest absolute Gasteiger partial charge is 0.159 e. The second kappa shape index (κ2) is 13.9. The highest BCUT2D eigenvalue weighted by atomic mass is 16.5. The molecule has 0 aliphatic heterocycles. The summed E-state index contributed by atoms with van der Waals surface area (Å²) < 4.78 is 11.1. The molecule has 2 aromatic rings. The Labute approximate surface area is 170 Å². The molecule has 4 heteroatoms. The Morgan fingerprint density at radius 2 is 1.64 bits per heavy atom. The van der Waals surface area contributed by atoms with Crippen molar-refractivity contribution < 1.29 is 9.47 Å². The minimum Gasteiger partial charge on any atom is -0.486 e. The Kier molecular flexibility index (Phi) is 11.0. The lowest BCUT2D eigenvalue weighted by molar-refractivity contribution is 0.130. The highest BCUT2D eigenvalue weighted by molar-refractivity contribution is 5.55. The van der Waals surface area contributed by atoms with Gasteiger partial charge in [-0.3, -0.25) is 0 Å². The molecule has 0 atom stereocenters. The summed E-state index contributed by atoms with van der Waals surface area (Å²) in [6.45, 7) is 6.63. The fraction of sp³-hybridized carbons (Fsp3) is 0.500. The van der Waals surface area contributed by atoms with Crippen LogP contribution in [0.25, 0.3) is 11.4 Å². The van der Waals surface area contributed by atoms with Crippen LogP contribution in [0.4, 0.5) is 0 Å². The van der Waals surface area contributed by atoms with Gasteiger partial charge in [-0.25, -0.2) is 9.97 Å². The molecular weight excluding hydrogens is 348 g/mol. The SMILES string of the molecule is CCC/C=C/COc1cnc(-c2ccc(CCCCCOCCC)cc2)nc1. The van der Waals surface area contributed by atoms with Gasteiger partial charge in [-0.1, -0.05) is 63.1 Å². The summed E-state index contributed by atoms with van der Waals surface area (Å²) in [6, 6.07) is 8.55. The van der Waals surface area contributed by atoms with E-state index < -0.39 is 0 Å². The average molecular weight is 383 g/mol. The van der Waals surface area contributed by atoms with Crippen LogP contribution in [-0.2, 0) is 11.2 Å². The van der Waals surface area contributed by atoms with Gasteiger partial charge in [0.15, 0.2) is 11.6 Å². The number of aryl methyl sites for hydroxylation is 1. The van der Waals surface area contributed by atoms with E-state index in [1.54, 1.807) is 12.4 Å². The Morgan fingerprint density at radius 1 is 0.857 bits per heavy atom. The zero-order chi connectivity index (χ0) is 19.9. The highest BCUT2D eigenvalue weighted by Crippen LogP contribution is 2.18. The van der Waals surface area contributed by atoms with Crippen molar-refractivity contribution in [2.45, 2.75) is 58.8 Å². The molecule has 0 fully saturated rings. The van der Waals surface area contributed by atoms with Gasteiger partial charge < -0.3 is 9.47 Å². The van der Waals surface area contributed by atoms with E-state index in [9.17, 15) is 0 Å². The van der Waals surface area contributed by atoms with E-state index in [4.69, 9.17) is 9.47 Å². The maximum Gasteiger partial charge on any atom is 0.159 e. The Morgan fingerprint density at radius 3 is 2.36 bits per heavy atom. The maximum absolute atomic E-state index is 5.63. The van der Waals surface area contributed by atoms with Gasteiger partial charge in [0.05, 0.1) is 12.4 Å². The summed E-state index contributed by atoms with van der Waals surface area (Å²) in [6.07, 6.45) is 15.7. The number of hydrogen-bond donors (Lipinski definition) is 0. The van der Waals surface area contributed by atoms with Gasteiger partial charge in [-0.15, -0.1) is 0 Å². The molecule has 1 heterocycles. The van der Waals surface area contributed by atoms with Crippen LogP contribution in [0.2, 0.25) is 0 Å². The summed E-state index contributed by atoms with van der Waals surface area (Å²) in [5.74, 6) is 1.43. The standard InChI is InChI=1S/C24H34N2O2/c1-3-5-6-10-18-28-23-19-25-24(26-20-23)22-14-12-21(13-15-22)11-8-7-9-17-27-16-4-2/h6,10,12-15,19-20H,3-5,7-9,11,16-18H2,1-2H3/b10-6+. The molecule has 1 aromatic heterocycles. The minimum atomic E-state index is 0.558. The van der Waals surface area contributed by atoms with E-state index in [0.29, 0.717) is 12.4 Å². The van der Waals surface area contributed by atoms with E-state index in [-0.39, 0.29) is 0 Å². The monoisotopic (exact) mass is 382 g/mol. The number of allylic oxidation sites excluding steroid dienone is 1. The van der Waals surface area contributed by atoms with Crippen LogP contribution in [0, 0.1) is 0 Å². The second-order valence-electron chi connectivity index (χ2n) is 6.93. The molecule has 0 aliphatic rings. The molecule has 0 bridgehead atoms. The molecule has 0 radical (unpaired) electrons. The maximum atomic E-state index is 5.63. The molecule has 0 unspecified atom stereocenters. The number of ether oxygens (including phenoxy) is 2. The first-order valence-corrected chi connectivity index (χ1v) is 10.6. The first-order valence-electron chi connectivity index (χ1n) is 10.6. The van der Waals surface area contributed by atoms with Crippen molar-refractivity contribution in [1.82, 2.24) is 9.97 Å². The largest absolute Gasteiger partial charge is 0.486 e. The molecule has 0 saturated carbocycles. The van der Waals surface area contributed by atoms with Crippen LogP contribution >= 0.6 is 0 Å². The number of hydrogen-bond acceptors (Lipinski definition) is 4. The second-order valence-corrected chi connectivity index (χ2v) is 6.93. The van der Waals surface area contributed by atoms with Crippen molar-refractivity contribution in [2.75, 3.05) is 19.8 Å². The first kappa shape index (κ1) is 22.1. The van der Waals surface area contributed by atoms with Gasteiger partial charge in [-0.05, 0) is 37.7 Å². The third kappa shape index (κ3) is 8.66. The normalized spacial score (nSPS) is 11.2. The fourth-order valence-corrected chi connectivity index (χ4v) is 2.81. The quantitative estimate of drug-likeness (QED) is 0.296. The van der Waals surface area contributed by atoms with Gasteiger partial charge >= 0.3 is 0 Å². The zero-order valence-corrected chi connectivity index (χ0v) is 17.4. The van der Waals surface area contributed by atoms with Crippen molar-refractivity contribution >= 4 is 0 Å². The highest BCUT2D eigenvalue weighted by Gasteiger charge is 2.03. The first-order chi connectivity index (χ1) is 13.8. The predicted octanol–water partition coefficient (Wildman–Crippen LogP) is 6.02. The lowest BCUT2D eigenvalue weighted by atomic mass is 10.0. The molecule has 1 aromatic carbocycles. The van der Waals surface area contributed by atoms with Crippen molar-refractivity contribution in [1.29, 1.82) is 0 Å². The van der Waals surface area contributed by atoms with E-state index >= 15 is 0 Å². The van der Waals surface area contributed by atoms with Crippen LogP contribution in [0.3, 0.4) is 0 Å². The van der Waals surface area contributed by atoms with Gasteiger partial charge in [0.2, 0.25) is 0 Å². The molecule has 4 nitrogen and oxygen atoms in total. The molecule has 0 saturated heterocycles. The number of aromatic nitrogens is 2. The molecule has 2 rings (SSSR count). The van der Waals surface area contributed by atoms with Crippen LogP contribution in [0.15, 0.2) is 48.8 Å². The van der Waals surface area contributed by atoms with Crippen LogP contribution in [0.5, 0.6) is 5.75 Å². The van der Waals surface area contributed by atoms with Gasteiger partial charge in [0.1, 0.15) is 6.61 Å². The van der Waals surface area contributed by atoms with Crippen molar-refractivity contribution in [3.8, 4) is 17.1 Å². The van der Waals surface area contributed by atoms with Crippen LogP contribution < -0.4 is 4.74 Å². The van der Waals surface area contributed by atoms with Gasteiger partial charge in [-0.2, -0.15) is 0 Å². The zero-order valence-electron chi connectivity index (χ0n) is 17.4. The molecule has 0 aliphatic carbocycles. The third-order valence-electron chi connectivity index (χ3n) is 4.41. The lowest BCUT2D eigenvalue weighted by Gasteiger charge is -2.06. The fourth-order valence-electron chi connectivity index (χ4n) is 2.81. The van der Waals surface area contributed by atoms with Gasteiger partial charge in [0.25, 0.3) is 0 Å². The molecule has 28 heavy (non-hydrogen) atoms. The molecule has 0 N–H and O–H groups in total. The van der Waals surface area contributed by atoms with Gasteiger partial charge in [0, 0.05) is 18.8 Å². The van der Waals surface area contributed by atoms with Crippen LogP contribution in [0.1, 0.15) is 57.9 Å². The summed E-state index contributed by atoms with van der Waals surface area (Å²) >= 11 is 0. The van der Waals surface area contributed by atoms with Crippen molar-refractivity contribution in [3.05, 3.63) is 54.4 Å². The Balaban J connectivity index is 1.73. The molecular formula is C24H34N2O2. The Hall–Kier alpha value is -2.20. The molecule has 152 valence electrons. The number of rotatable bonds is 14. The summed E-state index contributed by atoms with van der Waals surface area (Å²) in [4.78, 5) is 8.86. The topological polar surface area (TPSA) is 44.2 Å². The lowest BCUT2D eigenvalue weighted by Crippen LogP contribution is -1.97. The summed E-state index contributed by atoms with van der Waals surface area (Å²) in [5, 5.41) is 0. The van der Waals surface area contributed by atoms with Crippen LogP contribution in [-0.4, -0.2) is 29.8 Å². The van der Waals surface area contributed by atoms with E-state index in [0.717, 1.165) is 56.7 Å². The molecule has 0 amide bonds. The predicted molar refractivity (Wildman–Crippen MR) is 116 cm³/mol. The van der Waals surface area contributed by atoms with Crippen molar-refractivity contribution in [2.24, 2.45) is 0 Å². The number of unbranched alkanes of at least 4 members (excludes halogenated alkanes) is 3. The Bertz CT molecular complexity index is 666. The minimum absolute atomic E-state index is 0.558. The number of benzene rings is 1. The van der Waals surface area contributed by atoms with E-state index in [1.165, 1.54) is 18.4 Å². The summed E-state index contributed by atoms with van der Waals surface area (Å²) in [7, 11) is 0. The average Bonchev–Trinajstić information content (AvgIpc) is 2.74. The van der Waals surface area contributed by atoms with Crippen molar-refractivity contribution in [3.63, 3.8) is 0 Å².